The topological polar surface area (TPSA) is 81.6 Å². The molecule has 160 valence electrons. The minimum Gasteiger partial charge on any atom is -0.321 e. The van der Waals surface area contributed by atoms with Crippen LogP contribution in [0.5, 0.6) is 0 Å². The summed E-state index contributed by atoms with van der Waals surface area (Å²) in [4.78, 5) is 14.0. The first kappa shape index (κ1) is 21.6. The summed E-state index contributed by atoms with van der Waals surface area (Å²) in [7, 11) is 0. The fourth-order valence-electron chi connectivity index (χ4n) is 4.21. The number of nitriles is 2. The van der Waals surface area contributed by atoms with E-state index in [1.54, 1.807) is 17.4 Å². The summed E-state index contributed by atoms with van der Waals surface area (Å²) >= 11 is 1.69. The monoisotopic (exact) mass is 440 g/mol. The van der Waals surface area contributed by atoms with Crippen molar-refractivity contribution >= 4 is 29.0 Å². The first-order valence-corrected chi connectivity index (χ1v) is 11.5. The third-order valence-electron chi connectivity index (χ3n) is 5.91. The van der Waals surface area contributed by atoms with E-state index in [2.05, 4.69) is 16.0 Å². The van der Waals surface area contributed by atoms with Crippen molar-refractivity contribution in [2.45, 2.75) is 46.5 Å². The minimum atomic E-state index is -0.439. The Labute approximate surface area is 192 Å². The molecule has 2 heterocycles. The van der Waals surface area contributed by atoms with Crippen molar-refractivity contribution in [1.29, 1.82) is 10.5 Å². The Morgan fingerprint density at radius 3 is 2.53 bits per heavy atom. The normalized spacial score (nSPS) is 13.2. The first-order valence-electron chi connectivity index (χ1n) is 10.7. The summed E-state index contributed by atoms with van der Waals surface area (Å²) in [6.07, 6.45) is 5.90. The summed E-state index contributed by atoms with van der Waals surface area (Å²) in [6.45, 7) is 5.93. The van der Waals surface area contributed by atoms with Gasteiger partial charge in [-0.1, -0.05) is 17.7 Å². The number of aryl methyl sites for hydroxylation is 3. The molecular weight excluding hydrogens is 416 g/mol. The van der Waals surface area contributed by atoms with E-state index in [1.165, 1.54) is 10.4 Å². The highest BCUT2D eigenvalue weighted by Crippen LogP contribution is 2.38. The third kappa shape index (κ3) is 3.98. The highest BCUT2D eigenvalue weighted by atomic mass is 32.1. The van der Waals surface area contributed by atoms with E-state index in [0.717, 1.165) is 58.8 Å². The van der Waals surface area contributed by atoms with Gasteiger partial charge in [-0.3, -0.25) is 4.79 Å². The number of hydrogen-bond acceptors (Lipinski definition) is 4. The second-order valence-corrected chi connectivity index (χ2v) is 9.24. The Balaban J connectivity index is 1.70. The molecule has 0 atom stereocenters. The molecule has 4 rings (SSSR count). The van der Waals surface area contributed by atoms with Crippen molar-refractivity contribution in [2.75, 3.05) is 5.32 Å². The number of hydrogen-bond donors (Lipinski definition) is 1. The van der Waals surface area contributed by atoms with Crippen LogP contribution in [0.2, 0.25) is 0 Å². The molecule has 0 unspecified atom stereocenters. The molecule has 3 aromatic rings. The minimum absolute atomic E-state index is 0.0387. The second kappa shape index (κ2) is 8.86. The van der Waals surface area contributed by atoms with Crippen LogP contribution in [0.25, 0.3) is 11.1 Å². The van der Waals surface area contributed by atoms with Gasteiger partial charge in [0.25, 0.3) is 5.91 Å². The molecule has 0 aliphatic heterocycles. The summed E-state index contributed by atoms with van der Waals surface area (Å²) in [5, 5.41) is 23.2. The van der Waals surface area contributed by atoms with E-state index in [0.29, 0.717) is 5.69 Å². The first-order chi connectivity index (χ1) is 15.4. The van der Waals surface area contributed by atoms with Crippen LogP contribution < -0.4 is 5.32 Å². The zero-order valence-electron chi connectivity index (χ0n) is 18.5. The number of thiophene rings is 1. The van der Waals surface area contributed by atoms with Gasteiger partial charge in [-0.25, -0.2) is 0 Å². The zero-order valence-corrected chi connectivity index (χ0v) is 19.3. The summed E-state index contributed by atoms with van der Waals surface area (Å²) < 4.78 is 2.08. The van der Waals surface area contributed by atoms with Crippen molar-refractivity contribution < 1.29 is 4.79 Å². The van der Waals surface area contributed by atoms with Crippen LogP contribution in [0.4, 0.5) is 5.69 Å². The molecular formula is C26H24N4OS. The molecule has 1 amide bonds. The van der Waals surface area contributed by atoms with Crippen LogP contribution in [0.3, 0.4) is 0 Å². The fraction of sp³-hybridized carbons (Fsp3) is 0.269. The van der Waals surface area contributed by atoms with E-state index in [9.17, 15) is 15.3 Å². The van der Waals surface area contributed by atoms with Gasteiger partial charge in [0.15, 0.2) is 0 Å². The van der Waals surface area contributed by atoms with Crippen molar-refractivity contribution in [3.63, 3.8) is 0 Å². The smallest absolute Gasteiger partial charge is 0.266 e. The van der Waals surface area contributed by atoms with Crippen LogP contribution in [-0.2, 0) is 17.6 Å². The standard InChI is InChI=1S/C26H24N4OS/c1-16-8-10-21(11-9-16)29-25(31)20(14-27)13-19-12-17(2)30(18(19)3)26-23(15-28)22-6-4-5-7-24(22)32-26/h8-13H,4-7H2,1-3H3,(H,29,31)/b20-13+. The van der Waals surface area contributed by atoms with Crippen molar-refractivity contribution in [1.82, 2.24) is 4.57 Å². The van der Waals surface area contributed by atoms with E-state index >= 15 is 0 Å². The SMILES string of the molecule is Cc1ccc(NC(=O)/C(C#N)=C/c2cc(C)n(-c3sc4c(c3C#N)CCCC4)c2C)cc1. The van der Waals surface area contributed by atoms with Gasteiger partial charge in [-0.2, -0.15) is 10.5 Å². The molecule has 6 heteroatoms. The molecule has 1 aromatic carbocycles. The lowest BCUT2D eigenvalue weighted by Crippen LogP contribution is -2.13. The molecule has 32 heavy (non-hydrogen) atoms. The summed E-state index contributed by atoms with van der Waals surface area (Å²) in [6, 6.07) is 13.9. The molecule has 0 saturated heterocycles. The van der Waals surface area contributed by atoms with Gasteiger partial charge in [0, 0.05) is 22.0 Å². The van der Waals surface area contributed by atoms with Crippen LogP contribution in [0.1, 0.15) is 51.4 Å². The van der Waals surface area contributed by atoms with Gasteiger partial charge in [0.1, 0.15) is 22.7 Å². The Morgan fingerprint density at radius 2 is 1.84 bits per heavy atom. The Kier molecular flexibility index (Phi) is 5.99. The number of anilines is 1. The van der Waals surface area contributed by atoms with Gasteiger partial charge in [-0.15, -0.1) is 11.3 Å². The van der Waals surface area contributed by atoms with Crippen LogP contribution in [0.15, 0.2) is 35.9 Å². The molecule has 5 nitrogen and oxygen atoms in total. The van der Waals surface area contributed by atoms with Crippen LogP contribution >= 0.6 is 11.3 Å². The maximum atomic E-state index is 12.7. The highest BCUT2D eigenvalue weighted by Gasteiger charge is 2.24. The number of fused-ring (bicyclic) bond motifs is 1. The zero-order chi connectivity index (χ0) is 22.8. The molecule has 0 fully saturated rings. The van der Waals surface area contributed by atoms with E-state index in [1.807, 2.05) is 57.2 Å². The van der Waals surface area contributed by atoms with Crippen LogP contribution in [-0.4, -0.2) is 10.5 Å². The number of nitrogens with one attached hydrogen (secondary N) is 1. The number of nitrogens with zero attached hydrogens (tertiary/aromatic N) is 3. The number of carbonyl (C=O) groups is 1. The Hall–Kier alpha value is -3.61. The second-order valence-electron chi connectivity index (χ2n) is 8.15. The predicted molar refractivity (Wildman–Crippen MR) is 128 cm³/mol. The average molecular weight is 441 g/mol. The lowest BCUT2D eigenvalue weighted by atomic mass is 9.96. The van der Waals surface area contributed by atoms with Gasteiger partial charge >= 0.3 is 0 Å². The van der Waals surface area contributed by atoms with Crippen LogP contribution in [0, 0.1) is 43.4 Å². The van der Waals surface area contributed by atoms with Crippen molar-refractivity contribution in [3.05, 3.63) is 74.4 Å². The van der Waals surface area contributed by atoms with Gasteiger partial charge in [0.05, 0.1) is 5.56 Å². The number of rotatable bonds is 4. The molecule has 0 bridgehead atoms. The molecule has 1 N–H and O–H groups in total. The van der Waals surface area contributed by atoms with E-state index in [4.69, 9.17) is 0 Å². The maximum Gasteiger partial charge on any atom is 0.266 e. The number of aromatic nitrogens is 1. The van der Waals surface area contributed by atoms with Gasteiger partial charge in [0.2, 0.25) is 0 Å². The lowest BCUT2D eigenvalue weighted by Gasteiger charge is -2.10. The van der Waals surface area contributed by atoms with E-state index in [-0.39, 0.29) is 5.57 Å². The Morgan fingerprint density at radius 1 is 1.12 bits per heavy atom. The molecule has 1 aliphatic carbocycles. The fourth-order valence-corrected chi connectivity index (χ4v) is 5.66. The highest BCUT2D eigenvalue weighted by molar-refractivity contribution is 7.15. The third-order valence-corrected chi connectivity index (χ3v) is 7.19. The van der Waals surface area contributed by atoms with Gasteiger partial charge < -0.3 is 9.88 Å². The maximum absolute atomic E-state index is 12.7. The molecule has 0 spiro atoms. The Bertz CT molecular complexity index is 1310. The summed E-state index contributed by atoms with van der Waals surface area (Å²) in [5.74, 6) is -0.439. The molecule has 0 radical (unpaired) electrons. The largest absolute Gasteiger partial charge is 0.321 e. The molecule has 1 aliphatic rings. The molecule has 0 saturated carbocycles. The van der Waals surface area contributed by atoms with Gasteiger partial charge in [-0.05, 0) is 81.9 Å². The average Bonchev–Trinajstić information content (AvgIpc) is 3.28. The number of carbonyl (C=O) groups excluding carboxylic acids is 1. The van der Waals surface area contributed by atoms with Crippen molar-refractivity contribution in [2.24, 2.45) is 0 Å². The number of amides is 1. The molecule has 2 aromatic heterocycles. The summed E-state index contributed by atoms with van der Waals surface area (Å²) in [5.41, 5.74) is 6.42. The quantitative estimate of drug-likeness (QED) is 0.414. The predicted octanol–water partition coefficient (Wildman–Crippen LogP) is 5.76. The lowest BCUT2D eigenvalue weighted by molar-refractivity contribution is -0.112. The van der Waals surface area contributed by atoms with Crippen molar-refractivity contribution in [3.8, 4) is 17.1 Å². The number of benzene rings is 1. The van der Waals surface area contributed by atoms with E-state index < -0.39 is 5.91 Å².